The smallest absolute Gasteiger partial charge is 0.160 e. The van der Waals surface area contributed by atoms with Crippen LogP contribution in [0.3, 0.4) is 0 Å². The molecule has 5 heteroatoms. The van der Waals surface area contributed by atoms with Crippen LogP contribution in [0.2, 0.25) is 0 Å². The molecule has 90 valence electrons. The number of aryl methyl sites for hydroxylation is 1. The lowest BCUT2D eigenvalue weighted by Crippen LogP contribution is -2.01. The molecule has 0 radical (unpaired) electrons. The predicted octanol–water partition coefficient (Wildman–Crippen LogP) is 4.78. The molecule has 0 amide bonds. The molecule has 0 heterocycles. The van der Waals surface area contributed by atoms with E-state index in [1.807, 2.05) is 6.07 Å². The highest BCUT2D eigenvalue weighted by Gasteiger charge is 2.30. The van der Waals surface area contributed by atoms with Crippen LogP contribution >= 0.6 is 23.4 Å². The fourth-order valence-corrected chi connectivity index (χ4v) is 2.24. The fourth-order valence-electron chi connectivity index (χ4n) is 1.42. The Morgan fingerprint density at radius 1 is 1.31 bits per heavy atom. The summed E-state index contributed by atoms with van der Waals surface area (Å²) >= 11 is 5.51. The number of hydrogen-bond acceptors (Lipinski definition) is 1. The van der Waals surface area contributed by atoms with Crippen molar-refractivity contribution in [1.82, 2.24) is 0 Å². The summed E-state index contributed by atoms with van der Waals surface area (Å²) < 4.78 is 36.7. The lowest BCUT2D eigenvalue weighted by molar-refractivity contribution is -0.0328. The fraction of sp³-hybridized carbons (Fsp3) is 0.455. The summed E-state index contributed by atoms with van der Waals surface area (Å²) in [7, 11) is 0. The quantitative estimate of drug-likeness (QED) is 0.559. The van der Waals surface area contributed by atoms with Crippen molar-refractivity contribution < 1.29 is 13.2 Å². The van der Waals surface area contributed by atoms with Gasteiger partial charge in [0.2, 0.25) is 0 Å². The van der Waals surface area contributed by atoms with E-state index in [2.05, 4.69) is 0 Å². The summed E-state index contributed by atoms with van der Waals surface area (Å²) in [6.07, 6.45) is 1.50. The van der Waals surface area contributed by atoms with E-state index in [9.17, 15) is 13.2 Å². The maximum atomic E-state index is 12.2. The Morgan fingerprint density at radius 3 is 2.56 bits per heavy atom. The molecule has 0 spiro atoms. The minimum Gasteiger partial charge on any atom is -0.160 e. The molecule has 1 rings (SSSR count). The van der Waals surface area contributed by atoms with E-state index in [4.69, 9.17) is 11.6 Å². The predicted molar refractivity (Wildman–Crippen MR) is 62.1 cm³/mol. The minimum absolute atomic E-state index is 0.0580. The Bertz CT molecular complexity index is 350. The van der Waals surface area contributed by atoms with Crippen LogP contribution in [-0.4, -0.2) is 11.4 Å². The van der Waals surface area contributed by atoms with Crippen molar-refractivity contribution in [1.29, 1.82) is 0 Å². The third kappa shape index (κ3) is 4.26. The van der Waals surface area contributed by atoms with E-state index >= 15 is 0 Å². The SMILES string of the molecule is Cc1c(CCCCl)cccc1SC(F)(F)F. The second-order valence-electron chi connectivity index (χ2n) is 3.38. The van der Waals surface area contributed by atoms with E-state index in [1.54, 1.807) is 13.0 Å². The third-order valence-electron chi connectivity index (χ3n) is 2.20. The van der Waals surface area contributed by atoms with Crippen molar-refractivity contribution >= 4 is 23.4 Å². The van der Waals surface area contributed by atoms with Crippen LogP contribution in [0, 0.1) is 6.92 Å². The molecule has 0 bridgehead atoms. The first-order valence-corrected chi connectivity index (χ1v) is 6.19. The van der Waals surface area contributed by atoms with Crippen molar-refractivity contribution in [2.45, 2.75) is 30.2 Å². The highest BCUT2D eigenvalue weighted by Crippen LogP contribution is 2.39. The molecule has 0 aliphatic carbocycles. The molecule has 0 N–H and O–H groups in total. The molecule has 0 aliphatic rings. The van der Waals surface area contributed by atoms with E-state index in [0.29, 0.717) is 11.4 Å². The molecule has 0 atom stereocenters. The van der Waals surface area contributed by atoms with Crippen LogP contribution in [-0.2, 0) is 6.42 Å². The number of alkyl halides is 4. The highest BCUT2D eigenvalue weighted by atomic mass is 35.5. The van der Waals surface area contributed by atoms with Gasteiger partial charge in [0.25, 0.3) is 0 Å². The van der Waals surface area contributed by atoms with Gasteiger partial charge in [0, 0.05) is 10.8 Å². The first kappa shape index (κ1) is 13.7. The van der Waals surface area contributed by atoms with Gasteiger partial charge in [0.15, 0.2) is 0 Å². The molecule has 16 heavy (non-hydrogen) atoms. The zero-order valence-corrected chi connectivity index (χ0v) is 10.3. The normalized spacial score (nSPS) is 11.8. The number of hydrogen-bond donors (Lipinski definition) is 0. The van der Waals surface area contributed by atoms with Crippen LogP contribution in [0.5, 0.6) is 0 Å². The molecular weight excluding hydrogens is 257 g/mol. The summed E-state index contributed by atoms with van der Waals surface area (Å²) in [5.74, 6) is 0.524. The van der Waals surface area contributed by atoms with Crippen molar-refractivity contribution in [3.05, 3.63) is 29.3 Å². The van der Waals surface area contributed by atoms with Crippen molar-refractivity contribution in [3.63, 3.8) is 0 Å². The standard InChI is InChI=1S/C11H12ClF3S/c1-8-9(5-3-7-12)4-2-6-10(8)16-11(13,14)15/h2,4,6H,3,5,7H2,1H3. The third-order valence-corrected chi connectivity index (χ3v) is 3.36. The molecule has 0 aliphatic heterocycles. The van der Waals surface area contributed by atoms with Gasteiger partial charge in [0.05, 0.1) is 0 Å². The van der Waals surface area contributed by atoms with Crippen LogP contribution in [0.15, 0.2) is 23.1 Å². The highest BCUT2D eigenvalue weighted by molar-refractivity contribution is 8.00. The first-order chi connectivity index (χ1) is 7.44. The summed E-state index contributed by atoms with van der Waals surface area (Å²) in [6.45, 7) is 1.72. The van der Waals surface area contributed by atoms with Gasteiger partial charge < -0.3 is 0 Å². The van der Waals surface area contributed by atoms with Gasteiger partial charge in [-0.3, -0.25) is 0 Å². The van der Waals surface area contributed by atoms with Crippen molar-refractivity contribution in [2.24, 2.45) is 0 Å². The average molecular weight is 269 g/mol. The van der Waals surface area contributed by atoms with Gasteiger partial charge in [-0.1, -0.05) is 12.1 Å². The van der Waals surface area contributed by atoms with Gasteiger partial charge in [-0.05, 0) is 48.7 Å². The Kier molecular flexibility index (Phi) is 4.99. The van der Waals surface area contributed by atoms with Gasteiger partial charge in [-0.25, -0.2) is 0 Å². The van der Waals surface area contributed by atoms with Crippen molar-refractivity contribution in [3.8, 4) is 0 Å². The van der Waals surface area contributed by atoms with Crippen LogP contribution in [0.1, 0.15) is 17.5 Å². The van der Waals surface area contributed by atoms with E-state index in [-0.39, 0.29) is 16.7 Å². The van der Waals surface area contributed by atoms with Gasteiger partial charge >= 0.3 is 5.51 Å². The monoisotopic (exact) mass is 268 g/mol. The molecule has 1 aromatic carbocycles. The largest absolute Gasteiger partial charge is 0.446 e. The van der Waals surface area contributed by atoms with Gasteiger partial charge in [0.1, 0.15) is 0 Å². The van der Waals surface area contributed by atoms with E-state index in [0.717, 1.165) is 18.4 Å². The Morgan fingerprint density at radius 2 is 2.00 bits per heavy atom. The van der Waals surface area contributed by atoms with Crippen LogP contribution in [0.25, 0.3) is 0 Å². The molecule has 1 aromatic rings. The Labute approximate surface area is 102 Å². The van der Waals surface area contributed by atoms with Gasteiger partial charge in [-0.15, -0.1) is 11.6 Å². The molecule has 0 fully saturated rings. The van der Waals surface area contributed by atoms with Crippen LogP contribution in [0.4, 0.5) is 13.2 Å². The zero-order chi connectivity index (χ0) is 12.2. The summed E-state index contributed by atoms with van der Waals surface area (Å²) in [5, 5.41) is 0. The van der Waals surface area contributed by atoms with Gasteiger partial charge in [-0.2, -0.15) is 13.2 Å². The minimum atomic E-state index is -4.23. The summed E-state index contributed by atoms with van der Waals surface area (Å²) in [4.78, 5) is 0.277. The van der Waals surface area contributed by atoms with E-state index in [1.165, 1.54) is 6.07 Å². The molecule has 0 unspecified atom stereocenters. The molecular formula is C11H12ClF3S. The van der Waals surface area contributed by atoms with Crippen molar-refractivity contribution in [2.75, 3.05) is 5.88 Å². The number of benzene rings is 1. The maximum Gasteiger partial charge on any atom is 0.446 e. The Hall–Kier alpha value is -0.350. The average Bonchev–Trinajstić information content (AvgIpc) is 2.17. The van der Waals surface area contributed by atoms with Crippen LogP contribution < -0.4 is 0 Å². The molecule has 0 aromatic heterocycles. The first-order valence-electron chi connectivity index (χ1n) is 4.84. The Balaban J connectivity index is 2.86. The second kappa shape index (κ2) is 5.82. The molecule has 0 saturated heterocycles. The second-order valence-corrected chi connectivity index (χ2v) is 4.87. The number of halogens is 4. The lowest BCUT2D eigenvalue weighted by atomic mass is 10.0. The molecule has 0 nitrogen and oxygen atoms in total. The summed E-state index contributed by atoms with van der Waals surface area (Å²) in [5.41, 5.74) is -2.58. The zero-order valence-electron chi connectivity index (χ0n) is 8.77. The summed E-state index contributed by atoms with van der Waals surface area (Å²) in [6, 6.07) is 5.00. The topological polar surface area (TPSA) is 0 Å². The number of thioether (sulfide) groups is 1. The van der Waals surface area contributed by atoms with E-state index < -0.39 is 5.51 Å². The molecule has 0 saturated carbocycles. The maximum absolute atomic E-state index is 12.2. The lowest BCUT2D eigenvalue weighted by Gasteiger charge is -2.12. The number of rotatable bonds is 4.